The first-order chi connectivity index (χ1) is 18.0. The summed E-state index contributed by atoms with van der Waals surface area (Å²) in [6.07, 6.45) is 1.92. The van der Waals surface area contributed by atoms with Crippen LogP contribution in [0.2, 0.25) is 5.02 Å². The van der Waals surface area contributed by atoms with Gasteiger partial charge in [-0.25, -0.2) is 4.79 Å². The van der Waals surface area contributed by atoms with E-state index in [0.717, 1.165) is 28.0 Å². The van der Waals surface area contributed by atoms with Crippen LogP contribution in [-0.2, 0) is 13.2 Å². The first-order valence-corrected chi connectivity index (χ1v) is 12.2. The number of benzene rings is 3. The Hall–Kier alpha value is -4.29. The van der Waals surface area contributed by atoms with Crippen LogP contribution in [0.25, 0.3) is 16.9 Å². The molecule has 2 aromatic heterocycles. The molecule has 0 N–H and O–H groups in total. The zero-order valence-corrected chi connectivity index (χ0v) is 21.2. The zero-order valence-electron chi connectivity index (χ0n) is 20.5. The molecule has 6 nitrogen and oxygen atoms in total. The highest BCUT2D eigenvalue weighted by molar-refractivity contribution is 6.31. The van der Waals surface area contributed by atoms with Crippen LogP contribution in [0.15, 0.2) is 95.9 Å². The lowest BCUT2D eigenvalue weighted by Gasteiger charge is -2.14. The summed E-state index contributed by atoms with van der Waals surface area (Å²) in [6, 6.07) is 25.4. The molecular formula is C30H25ClN2O4. The number of fused-ring (bicyclic) bond motifs is 1. The van der Waals surface area contributed by atoms with Crippen LogP contribution in [0.5, 0.6) is 17.2 Å². The molecule has 2 heterocycles. The van der Waals surface area contributed by atoms with E-state index in [1.165, 1.54) is 12.1 Å². The summed E-state index contributed by atoms with van der Waals surface area (Å²) in [5, 5.41) is 12.3. The van der Waals surface area contributed by atoms with Gasteiger partial charge in [0.15, 0.2) is 17.2 Å². The molecule has 0 spiro atoms. The molecule has 0 saturated carbocycles. The van der Waals surface area contributed by atoms with Crippen molar-refractivity contribution in [2.24, 2.45) is 0 Å². The minimum atomic E-state index is -0.106. The van der Waals surface area contributed by atoms with Crippen molar-refractivity contribution in [3.05, 3.63) is 123 Å². The van der Waals surface area contributed by atoms with Gasteiger partial charge in [0.1, 0.15) is 13.2 Å². The third-order valence-corrected chi connectivity index (χ3v) is 6.68. The monoisotopic (exact) mass is 512 g/mol. The van der Waals surface area contributed by atoms with Crippen LogP contribution in [-0.4, -0.2) is 11.7 Å². The van der Waals surface area contributed by atoms with Gasteiger partial charge in [-0.2, -0.15) is 8.97 Å². The minimum Gasteiger partial charge on any atom is -0.872 e. The Labute approximate surface area is 219 Å². The van der Waals surface area contributed by atoms with Crippen molar-refractivity contribution in [2.45, 2.75) is 20.1 Å². The summed E-state index contributed by atoms with van der Waals surface area (Å²) >= 11 is 6.25. The lowest BCUT2D eigenvalue weighted by molar-refractivity contribution is -0.504. The highest BCUT2D eigenvalue weighted by atomic mass is 35.5. The Morgan fingerprint density at radius 1 is 0.946 bits per heavy atom. The molecule has 0 radical (unpaired) electrons. The van der Waals surface area contributed by atoms with Gasteiger partial charge in [-0.05, 0) is 36.8 Å². The topological polar surface area (TPSA) is 67.6 Å². The molecule has 5 aromatic rings. The first kappa shape index (κ1) is 24.4. The van der Waals surface area contributed by atoms with Crippen molar-refractivity contribution in [1.29, 1.82) is 0 Å². The molecule has 186 valence electrons. The van der Waals surface area contributed by atoms with Gasteiger partial charge in [0.2, 0.25) is 0 Å². The van der Waals surface area contributed by atoms with Crippen LogP contribution in [0.3, 0.4) is 0 Å². The number of hydrogen-bond acceptors (Lipinski definition) is 4. The van der Waals surface area contributed by atoms with Crippen molar-refractivity contribution in [1.82, 2.24) is 4.57 Å². The summed E-state index contributed by atoms with van der Waals surface area (Å²) in [5.41, 5.74) is 4.56. The maximum Gasteiger partial charge on any atom is 0.341 e. The second-order valence-corrected chi connectivity index (χ2v) is 9.09. The Bertz CT molecular complexity index is 1640. The molecule has 7 heteroatoms. The maximum atomic E-state index is 13.6. The van der Waals surface area contributed by atoms with E-state index < -0.39 is 0 Å². The quantitative estimate of drug-likeness (QED) is 0.290. The van der Waals surface area contributed by atoms with Crippen molar-refractivity contribution < 1.29 is 19.0 Å². The molecular weight excluding hydrogens is 488 g/mol. The molecule has 0 saturated heterocycles. The Kier molecular flexibility index (Phi) is 6.84. The van der Waals surface area contributed by atoms with Gasteiger partial charge in [-0.3, -0.25) is 0 Å². The molecule has 0 amide bonds. The fraction of sp³-hybridized carbons (Fsp3) is 0.133. The molecule has 0 unspecified atom stereocenters. The number of halogens is 1. The summed E-state index contributed by atoms with van der Waals surface area (Å²) in [6.45, 7) is 2.46. The van der Waals surface area contributed by atoms with Crippen LogP contribution in [0, 0.1) is 6.92 Å². The predicted octanol–water partition coefficient (Wildman–Crippen LogP) is 4.93. The van der Waals surface area contributed by atoms with E-state index in [-0.39, 0.29) is 11.3 Å². The molecule has 3 aromatic carbocycles. The maximum absolute atomic E-state index is 13.6. The third kappa shape index (κ3) is 4.88. The second-order valence-electron chi connectivity index (χ2n) is 8.68. The van der Waals surface area contributed by atoms with Gasteiger partial charge < -0.3 is 14.6 Å². The summed E-state index contributed by atoms with van der Waals surface area (Å²) in [4.78, 5) is 13.6. The van der Waals surface area contributed by atoms with Gasteiger partial charge in [-0.1, -0.05) is 66.2 Å². The van der Waals surface area contributed by atoms with Crippen molar-refractivity contribution in [3.8, 4) is 28.5 Å². The Morgan fingerprint density at radius 2 is 1.70 bits per heavy atom. The number of aromatic nitrogens is 2. The van der Waals surface area contributed by atoms with Crippen molar-refractivity contribution >= 4 is 17.2 Å². The molecule has 0 fully saturated rings. The van der Waals surface area contributed by atoms with E-state index >= 15 is 0 Å². The molecule has 5 rings (SSSR count). The molecule has 0 aliphatic carbocycles. The van der Waals surface area contributed by atoms with E-state index in [1.54, 1.807) is 23.8 Å². The minimum absolute atomic E-state index is 0.0720. The first-order valence-electron chi connectivity index (χ1n) is 11.8. The average molecular weight is 513 g/mol. The number of pyridine rings is 1. The molecule has 0 aliphatic heterocycles. The van der Waals surface area contributed by atoms with Crippen LogP contribution in [0.4, 0.5) is 0 Å². The normalized spacial score (nSPS) is 11.0. The largest absolute Gasteiger partial charge is 0.872 e. The van der Waals surface area contributed by atoms with E-state index in [0.29, 0.717) is 35.2 Å². The van der Waals surface area contributed by atoms with Gasteiger partial charge in [0.25, 0.3) is 5.65 Å². The SMILES string of the molecule is COc1cc(Cn2c(=O)c(C)c(-c3ccc([O-])cc3)[n+]3ccccc23)ccc1OCc1ccccc1Cl. The smallest absolute Gasteiger partial charge is 0.341 e. The van der Waals surface area contributed by atoms with Gasteiger partial charge >= 0.3 is 5.56 Å². The summed E-state index contributed by atoms with van der Waals surface area (Å²) < 4.78 is 15.3. The summed E-state index contributed by atoms with van der Waals surface area (Å²) in [5.74, 6) is 1.09. The number of methoxy groups -OCH3 is 1. The number of ether oxygens (including phenoxy) is 2. The van der Waals surface area contributed by atoms with Crippen molar-refractivity contribution in [2.75, 3.05) is 7.11 Å². The average Bonchev–Trinajstić information content (AvgIpc) is 2.92. The van der Waals surface area contributed by atoms with Crippen LogP contribution < -0.4 is 24.5 Å². The number of rotatable bonds is 7. The molecule has 37 heavy (non-hydrogen) atoms. The molecule has 0 bridgehead atoms. The predicted molar refractivity (Wildman–Crippen MR) is 141 cm³/mol. The Balaban J connectivity index is 1.51. The highest BCUT2D eigenvalue weighted by Crippen LogP contribution is 2.30. The molecule has 0 atom stereocenters. The number of hydrogen-bond donors (Lipinski definition) is 0. The fourth-order valence-electron chi connectivity index (χ4n) is 4.44. The highest BCUT2D eigenvalue weighted by Gasteiger charge is 2.22. The second kappa shape index (κ2) is 10.4. The van der Waals surface area contributed by atoms with Crippen LogP contribution >= 0.6 is 11.6 Å². The van der Waals surface area contributed by atoms with Gasteiger partial charge in [-0.15, -0.1) is 5.75 Å². The molecule has 0 aliphatic rings. The summed E-state index contributed by atoms with van der Waals surface area (Å²) in [7, 11) is 1.59. The Morgan fingerprint density at radius 3 is 2.46 bits per heavy atom. The fourth-order valence-corrected chi connectivity index (χ4v) is 4.63. The standard InChI is InChI=1S/C30H25ClN2O4/c1-20-29(22-11-13-24(34)14-12-22)32-16-6-5-9-28(32)33(30(20)35)18-21-10-15-26(27(17-21)36-2)37-19-23-7-3-4-8-25(23)31/h3-17H,18-19H2,1-2H3. The van der Waals surface area contributed by atoms with Gasteiger partial charge in [0, 0.05) is 22.2 Å². The lowest BCUT2D eigenvalue weighted by atomic mass is 10.1. The lowest BCUT2D eigenvalue weighted by Crippen LogP contribution is -2.38. The van der Waals surface area contributed by atoms with E-state index in [9.17, 15) is 9.90 Å². The van der Waals surface area contributed by atoms with E-state index in [4.69, 9.17) is 21.1 Å². The zero-order chi connectivity index (χ0) is 25.9. The van der Waals surface area contributed by atoms with Crippen molar-refractivity contribution in [3.63, 3.8) is 0 Å². The number of nitrogens with zero attached hydrogens (tertiary/aromatic N) is 2. The van der Waals surface area contributed by atoms with E-state index in [2.05, 4.69) is 0 Å². The third-order valence-electron chi connectivity index (χ3n) is 6.31. The van der Waals surface area contributed by atoms with Gasteiger partial charge in [0.05, 0.1) is 18.9 Å². The van der Waals surface area contributed by atoms with E-state index in [1.807, 2.05) is 78.2 Å². The van der Waals surface area contributed by atoms with Crippen LogP contribution in [0.1, 0.15) is 16.7 Å².